The third kappa shape index (κ3) is 4.09. The van der Waals surface area contributed by atoms with Crippen LogP contribution >= 0.6 is 11.6 Å². The van der Waals surface area contributed by atoms with Gasteiger partial charge in [0.1, 0.15) is 0 Å². The molecule has 0 fully saturated rings. The largest absolute Gasteiger partial charge is 0.478 e. The van der Waals surface area contributed by atoms with Gasteiger partial charge in [-0.25, -0.2) is 4.79 Å². The highest BCUT2D eigenvalue weighted by molar-refractivity contribution is 6.33. The Balaban J connectivity index is 2.25. The molecule has 0 amide bonds. The topological polar surface area (TPSA) is 49.8 Å². The summed E-state index contributed by atoms with van der Waals surface area (Å²) in [5.41, 5.74) is 2.97. The Bertz CT molecular complexity index is 581. The van der Waals surface area contributed by atoms with E-state index in [9.17, 15) is 4.79 Å². The van der Waals surface area contributed by atoms with E-state index in [0.29, 0.717) is 11.6 Å². The van der Waals surface area contributed by atoms with Gasteiger partial charge in [0.25, 0.3) is 0 Å². The number of nitrogens with zero attached hydrogens (tertiary/aromatic N) is 1. The maximum Gasteiger partial charge on any atom is 0.328 e. The molecule has 5 heteroatoms. The number of rotatable bonds is 5. The number of carbonyl (C=O) groups is 1. The third-order valence-corrected chi connectivity index (χ3v) is 3.68. The highest BCUT2D eigenvalue weighted by Gasteiger charge is 2.17. The van der Waals surface area contributed by atoms with Crippen molar-refractivity contribution in [1.82, 2.24) is 0 Å². The zero-order valence-corrected chi connectivity index (χ0v) is 12.6. The highest BCUT2D eigenvalue weighted by atomic mass is 35.5. The normalized spacial score (nSPS) is 15.3. The van der Waals surface area contributed by atoms with Crippen LogP contribution in [0, 0.1) is 0 Å². The van der Waals surface area contributed by atoms with Crippen molar-refractivity contribution in [3.8, 4) is 0 Å². The summed E-state index contributed by atoms with van der Waals surface area (Å²) in [6, 6.07) is 5.52. The van der Waals surface area contributed by atoms with Crippen molar-refractivity contribution in [3.05, 3.63) is 46.5 Å². The van der Waals surface area contributed by atoms with E-state index in [1.54, 1.807) is 13.2 Å². The maximum atomic E-state index is 10.7. The van der Waals surface area contributed by atoms with E-state index in [1.807, 2.05) is 18.2 Å². The second-order valence-corrected chi connectivity index (χ2v) is 5.25. The van der Waals surface area contributed by atoms with E-state index in [1.165, 1.54) is 5.57 Å². The van der Waals surface area contributed by atoms with E-state index in [0.717, 1.165) is 36.8 Å². The number of aliphatic carboxylic acids is 1. The van der Waals surface area contributed by atoms with Crippen LogP contribution in [0.2, 0.25) is 5.02 Å². The summed E-state index contributed by atoms with van der Waals surface area (Å²) < 4.78 is 5.15. The molecule has 2 rings (SSSR count). The quantitative estimate of drug-likeness (QED) is 0.670. The summed E-state index contributed by atoms with van der Waals surface area (Å²) in [6.07, 6.45) is 5.77. The molecule has 0 spiro atoms. The molecule has 1 aliphatic rings. The second kappa shape index (κ2) is 7.29. The molecule has 112 valence electrons. The number of methoxy groups -OCH3 is 1. The molecule has 4 nitrogen and oxygen atoms in total. The molecule has 1 aromatic rings. The van der Waals surface area contributed by atoms with E-state index < -0.39 is 5.97 Å². The highest BCUT2D eigenvalue weighted by Crippen LogP contribution is 2.32. The zero-order valence-electron chi connectivity index (χ0n) is 11.9. The van der Waals surface area contributed by atoms with Gasteiger partial charge in [0.15, 0.2) is 0 Å². The van der Waals surface area contributed by atoms with Crippen LogP contribution in [0.4, 0.5) is 5.69 Å². The van der Waals surface area contributed by atoms with E-state index in [4.69, 9.17) is 21.4 Å². The third-order valence-electron chi connectivity index (χ3n) is 3.37. The molecule has 1 heterocycles. The van der Waals surface area contributed by atoms with Gasteiger partial charge in [-0.1, -0.05) is 29.8 Å². The minimum atomic E-state index is -0.971. The summed E-state index contributed by atoms with van der Waals surface area (Å²) in [5, 5.41) is 9.41. The first-order chi connectivity index (χ1) is 10.1. The van der Waals surface area contributed by atoms with Gasteiger partial charge in [0, 0.05) is 26.3 Å². The molecule has 0 saturated carbocycles. The van der Waals surface area contributed by atoms with Gasteiger partial charge in [0.2, 0.25) is 0 Å². The van der Waals surface area contributed by atoms with Gasteiger partial charge in [-0.15, -0.1) is 0 Å². The monoisotopic (exact) mass is 307 g/mol. The number of hydrogen-bond acceptors (Lipinski definition) is 3. The zero-order chi connectivity index (χ0) is 15.2. The van der Waals surface area contributed by atoms with E-state index >= 15 is 0 Å². The smallest absolute Gasteiger partial charge is 0.328 e. The summed E-state index contributed by atoms with van der Waals surface area (Å²) in [4.78, 5) is 12.9. The van der Waals surface area contributed by atoms with Gasteiger partial charge < -0.3 is 14.7 Å². The summed E-state index contributed by atoms with van der Waals surface area (Å²) >= 11 is 6.31. The molecule has 0 atom stereocenters. The number of ether oxygens (including phenoxy) is 1. The number of benzene rings is 1. The standard InChI is InChI=1S/C16H18ClNO3/c1-21-11-12-7-9-18(10-8-12)16-13(5-6-15(19)20)3-2-4-14(16)17/h2-7H,8-11H2,1H3,(H,19,20)/b6-5+. The van der Waals surface area contributed by atoms with Gasteiger partial charge in [-0.05, 0) is 29.7 Å². The molecule has 0 aliphatic carbocycles. The lowest BCUT2D eigenvalue weighted by Crippen LogP contribution is -2.30. The lowest BCUT2D eigenvalue weighted by Gasteiger charge is -2.30. The minimum absolute atomic E-state index is 0.631. The molecule has 0 radical (unpaired) electrons. The van der Waals surface area contributed by atoms with Crippen molar-refractivity contribution in [2.75, 3.05) is 31.7 Å². The van der Waals surface area contributed by atoms with Crippen molar-refractivity contribution in [3.63, 3.8) is 0 Å². The Hall–Kier alpha value is -1.78. The lowest BCUT2D eigenvalue weighted by molar-refractivity contribution is -0.131. The first-order valence-corrected chi connectivity index (χ1v) is 7.11. The number of halogens is 1. The molecule has 1 N–H and O–H groups in total. The van der Waals surface area contributed by atoms with Crippen LogP contribution in [-0.4, -0.2) is 37.9 Å². The Labute approximate surface area is 129 Å². The maximum absolute atomic E-state index is 10.7. The number of anilines is 1. The molecular formula is C16H18ClNO3. The number of para-hydroxylation sites is 1. The predicted octanol–water partition coefficient (Wildman–Crippen LogP) is 3.22. The first kappa shape index (κ1) is 15.6. The lowest BCUT2D eigenvalue weighted by atomic mass is 10.1. The Kier molecular flexibility index (Phi) is 5.42. The molecule has 1 aliphatic heterocycles. The van der Waals surface area contributed by atoms with Crippen molar-refractivity contribution in [2.45, 2.75) is 6.42 Å². The van der Waals surface area contributed by atoms with Crippen LogP contribution < -0.4 is 4.90 Å². The van der Waals surface area contributed by atoms with Gasteiger partial charge in [0.05, 0.1) is 17.3 Å². The average molecular weight is 308 g/mol. The number of hydrogen-bond donors (Lipinski definition) is 1. The number of carboxylic acid groups (broad SMARTS) is 1. The predicted molar refractivity (Wildman–Crippen MR) is 84.9 cm³/mol. The molecule has 21 heavy (non-hydrogen) atoms. The van der Waals surface area contributed by atoms with Gasteiger partial charge >= 0.3 is 5.97 Å². The Morgan fingerprint density at radius 3 is 2.95 bits per heavy atom. The summed E-state index contributed by atoms with van der Waals surface area (Å²) in [7, 11) is 1.69. The SMILES string of the molecule is COCC1=CCN(c2c(Cl)cccc2/C=C/C(=O)O)CC1. The molecule has 0 aromatic heterocycles. The van der Waals surface area contributed by atoms with Crippen LogP contribution in [0.3, 0.4) is 0 Å². The van der Waals surface area contributed by atoms with Crippen LogP contribution in [0.25, 0.3) is 6.08 Å². The molecule has 0 saturated heterocycles. The van der Waals surface area contributed by atoms with Crippen LogP contribution in [0.15, 0.2) is 35.9 Å². The average Bonchev–Trinajstić information content (AvgIpc) is 2.46. The van der Waals surface area contributed by atoms with Gasteiger partial charge in [-0.2, -0.15) is 0 Å². The van der Waals surface area contributed by atoms with Crippen molar-refractivity contribution >= 4 is 29.3 Å². The van der Waals surface area contributed by atoms with Crippen molar-refractivity contribution in [1.29, 1.82) is 0 Å². The minimum Gasteiger partial charge on any atom is -0.478 e. The van der Waals surface area contributed by atoms with Crippen molar-refractivity contribution in [2.24, 2.45) is 0 Å². The Morgan fingerprint density at radius 1 is 1.52 bits per heavy atom. The first-order valence-electron chi connectivity index (χ1n) is 6.73. The number of carboxylic acids is 1. The van der Waals surface area contributed by atoms with Crippen LogP contribution in [0.5, 0.6) is 0 Å². The second-order valence-electron chi connectivity index (χ2n) is 4.84. The summed E-state index contributed by atoms with van der Waals surface area (Å²) in [6.45, 7) is 2.24. The Morgan fingerprint density at radius 2 is 2.33 bits per heavy atom. The van der Waals surface area contributed by atoms with E-state index in [2.05, 4.69) is 11.0 Å². The van der Waals surface area contributed by atoms with Crippen molar-refractivity contribution < 1.29 is 14.6 Å². The summed E-state index contributed by atoms with van der Waals surface area (Å²) in [5.74, 6) is -0.971. The molecule has 1 aromatic carbocycles. The molecular weight excluding hydrogens is 290 g/mol. The van der Waals surface area contributed by atoms with Crippen LogP contribution in [-0.2, 0) is 9.53 Å². The molecule has 0 bridgehead atoms. The fraction of sp³-hybridized carbons (Fsp3) is 0.312. The fourth-order valence-electron chi connectivity index (χ4n) is 2.39. The fourth-order valence-corrected chi connectivity index (χ4v) is 2.69. The van der Waals surface area contributed by atoms with Gasteiger partial charge in [-0.3, -0.25) is 0 Å². The molecule has 0 unspecified atom stereocenters. The van der Waals surface area contributed by atoms with Crippen LogP contribution in [0.1, 0.15) is 12.0 Å². The van der Waals surface area contributed by atoms with E-state index in [-0.39, 0.29) is 0 Å².